The maximum Gasteiger partial charge on any atom is 0.0653 e. The maximum atomic E-state index is 4.06. The van der Waals surface area contributed by atoms with Gasteiger partial charge in [-0.15, -0.1) is 0 Å². The van der Waals surface area contributed by atoms with Gasteiger partial charge in [0.05, 0.1) is 11.7 Å². The number of fused-ring (bicyclic) bond motifs is 1. The van der Waals surface area contributed by atoms with Gasteiger partial charge < -0.3 is 0 Å². The zero-order valence-corrected chi connectivity index (χ0v) is 8.09. The minimum Gasteiger partial charge on any atom is -0.278 e. The number of hydrogen-bond donors (Lipinski definition) is 1. The molecule has 13 heavy (non-hydrogen) atoms. The minimum absolute atomic E-state index is 1.14. The van der Waals surface area contributed by atoms with Crippen LogP contribution < -0.4 is 0 Å². The second-order valence-electron chi connectivity index (χ2n) is 3.44. The van der Waals surface area contributed by atoms with E-state index in [1.807, 2.05) is 6.20 Å². The fourth-order valence-electron chi connectivity index (χ4n) is 1.77. The predicted molar refractivity (Wildman–Crippen MR) is 54.8 cm³/mol. The van der Waals surface area contributed by atoms with Gasteiger partial charge in [-0.3, -0.25) is 5.10 Å². The van der Waals surface area contributed by atoms with E-state index in [9.17, 15) is 0 Å². The maximum absolute atomic E-state index is 4.06. The quantitative estimate of drug-likeness (QED) is 0.745. The number of aromatic amines is 1. The molecule has 2 heteroatoms. The molecule has 68 valence electrons. The van der Waals surface area contributed by atoms with Crippen molar-refractivity contribution in [1.82, 2.24) is 10.2 Å². The Balaban J connectivity index is 2.66. The number of rotatable bonds is 2. The Kier molecular flexibility index (Phi) is 2.05. The highest BCUT2D eigenvalue weighted by Gasteiger charge is 2.04. The predicted octanol–water partition coefficient (Wildman–Crippen LogP) is 2.82. The van der Waals surface area contributed by atoms with Gasteiger partial charge in [0.1, 0.15) is 0 Å². The van der Waals surface area contributed by atoms with Gasteiger partial charge in [-0.05, 0) is 30.5 Å². The van der Waals surface area contributed by atoms with Crippen molar-refractivity contribution < 1.29 is 0 Å². The van der Waals surface area contributed by atoms with Crippen molar-refractivity contribution in [1.29, 1.82) is 0 Å². The topological polar surface area (TPSA) is 28.7 Å². The van der Waals surface area contributed by atoms with Crippen molar-refractivity contribution in [3.63, 3.8) is 0 Å². The Labute approximate surface area is 78.0 Å². The Morgan fingerprint density at radius 3 is 3.00 bits per heavy atom. The number of aryl methyl sites for hydroxylation is 2. The van der Waals surface area contributed by atoms with Gasteiger partial charge in [-0.1, -0.05) is 19.4 Å². The van der Waals surface area contributed by atoms with Gasteiger partial charge in [0.25, 0.3) is 0 Å². The molecule has 1 N–H and O–H groups in total. The molecular formula is C11H14N2. The van der Waals surface area contributed by atoms with E-state index in [4.69, 9.17) is 0 Å². The van der Waals surface area contributed by atoms with Crippen molar-refractivity contribution in [2.24, 2.45) is 0 Å². The van der Waals surface area contributed by atoms with Gasteiger partial charge in [0.15, 0.2) is 0 Å². The lowest BCUT2D eigenvalue weighted by Crippen LogP contribution is -1.88. The van der Waals surface area contributed by atoms with Gasteiger partial charge in [-0.25, -0.2) is 0 Å². The molecule has 0 atom stereocenters. The lowest BCUT2D eigenvalue weighted by atomic mass is 10.0. The average Bonchev–Trinajstić information content (AvgIpc) is 2.58. The molecule has 2 nitrogen and oxygen atoms in total. The Hall–Kier alpha value is -1.31. The summed E-state index contributed by atoms with van der Waals surface area (Å²) in [6.07, 6.45) is 4.25. The monoisotopic (exact) mass is 174 g/mol. The summed E-state index contributed by atoms with van der Waals surface area (Å²) < 4.78 is 0. The minimum atomic E-state index is 1.14. The van der Waals surface area contributed by atoms with Gasteiger partial charge >= 0.3 is 0 Å². The third-order valence-electron chi connectivity index (χ3n) is 2.47. The Morgan fingerprint density at radius 1 is 1.38 bits per heavy atom. The molecule has 0 radical (unpaired) electrons. The second kappa shape index (κ2) is 3.21. The van der Waals surface area contributed by atoms with Gasteiger partial charge in [-0.2, -0.15) is 5.10 Å². The zero-order valence-electron chi connectivity index (χ0n) is 8.09. The molecule has 1 aromatic carbocycles. The smallest absolute Gasteiger partial charge is 0.0653 e. The van der Waals surface area contributed by atoms with Crippen LogP contribution in [0.2, 0.25) is 0 Å². The number of hydrogen-bond acceptors (Lipinski definition) is 1. The number of benzene rings is 1. The van der Waals surface area contributed by atoms with E-state index in [2.05, 4.69) is 36.2 Å². The second-order valence-corrected chi connectivity index (χ2v) is 3.44. The highest BCUT2D eigenvalue weighted by molar-refractivity contribution is 5.82. The Bertz CT molecular complexity index is 415. The van der Waals surface area contributed by atoms with Crippen LogP contribution in [0.5, 0.6) is 0 Å². The third-order valence-corrected chi connectivity index (χ3v) is 2.47. The molecule has 0 spiro atoms. The number of H-pyrrole nitrogens is 1. The zero-order chi connectivity index (χ0) is 9.26. The van der Waals surface area contributed by atoms with E-state index < -0.39 is 0 Å². The molecule has 1 aromatic heterocycles. The van der Waals surface area contributed by atoms with Crippen LogP contribution in [0.4, 0.5) is 0 Å². The molecule has 0 aliphatic rings. The molecule has 0 fully saturated rings. The third kappa shape index (κ3) is 1.32. The standard InChI is InChI=1S/C11H14N2/c1-3-4-9-8(2)5-6-11-10(9)7-12-13-11/h5-7H,3-4H2,1-2H3,(H,12,13). The van der Waals surface area contributed by atoms with Gasteiger partial charge in [0.2, 0.25) is 0 Å². The number of aromatic nitrogens is 2. The molecule has 2 aromatic rings. The van der Waals surface area contributed by atoms with Crippen LogP contribution in [0.1, 0.15) is 24.5 Å². The lowest BCUT2D eigenvalue weighted by Gasteiger charge is -2.04. The summed E-state index contributed by atoms with van der Waals surface area (Å²) in [5, 5.41) is 8.34. The lowest BCUT2D eigenvalue weighted by molar-refractivity contribution is 0.921. The highest BCUT2D eigenvalue weighted by Crippen LogP contribution is 2.21. The first-order valence-corrected chi connectivity index (χ1v) is 4.74. The summed E-state index contributed by atoms with van der Waals surface area (Å²) in [4.78, 5) is 0. The van der Waals surface area contributed by atoms with Crippen molar-refractivity contribution in [2.45, 2.75) is 26.7 Å². The molecular weight excluding hydrogens is 160 g/mol. The largest absolute Gasteiger partial charge is 0.278 e. The first-order valence-electron chi connectivity index (χ1n) is 4.74. The average molecular weight is 174 g/mol. The SMILES string of the molecule is CCCc1c(C)ccc2[nH]ncc12. The number of nitrogens with zero attached hydrogens (tertiary/aromatic N) is 1. The van der Waals surface area contributed by atoms with E-state index in [1.165, 1.54) is 22.9 Å². The molecule has 1 heterocycles. The van der Waals surface area contributed by atoms with Crippen LogP contribution in [-0.4, -0.2) is 10.2 Å². The summed E-state index contributed by atoms with van der Waals surface area (Å²) in [5.74, 6) is 0. The number of nitrogens with one attached hydrogen (secondary N) is 1. The van der Waals surface area contributed by atoms with Crippen LogP contribution in [-0.2, 0) is 6.42 Å². The van der Waals surface area contributed by atoms with Crippen LogP contribution >= 0.6 is 0 Å². The first-order chi connectivity index (χ1) is 6.33. The molecule has 0 bridgehead atoms. The van der Waals surface area contributed by atoms with Crippen molar-refractivity contribution >= 4 is 10.9 Å². The summed E-state index contributed by atoms with van der Waals surface area (Å²) in [6.45, 7) is 4.37. The van der Waals surface area contributed by atoms with Crippen molar-refractivity contribution in [3.8, 4) is 0 Å². The highest BCUT2D eigenvalue weighted by atomic mass is 15.1. The summed E-state index contributed by atoms with van der Waals surface area (Å²) >= 11 is 0. The van der Waals surface area contributed by atoms with Crippen LogP contribution in [0.3, 0.4) is 0 Å². The molecule has 0 amide bonds. The van der Waals surface area contributed by atoms with Crippen molar-refractivity contribution in [3.05, 3.63) is 29.5 Å². The fourth-order valence-corrected chi connectivity index (χ4v) is 1.77. The normalized spacial score (nSPS) is 10.9. The van der Waals surface area contributed by atoms with E-state index in [-0.39, 0.29) is 0 Å². The summed E-state index contributed by atoms with van der Waals surface area (Å²) in [7, 11) is 0. The molecule has 0 unspecified atom stereocenters. The van der Waals surface area contributed by atoms with Crippen LogP contribution in [0, 0.1) is 6.92 Å². The first kappa shape index (κ1) is 8.30. The molecule has 0 aliphatic carbocycles. The fraction of sp³-hybridized carbons (Fsp3) is 0.364. The van der Waals surface area contributed by atoms with Crippen molar-refractivity contribution in [2.75, 3.05) is 0 Å². The van der Waals surface area contributed by atoms with E-state index in [1.54, 1.807) is 0 Å². The summed E-state index contributed by atoms with van der Waals surface area (Å²) in [5.41, 5.74) is 3.96. The van der Waals surface area contributed by atoms with E-state index in [0.717, 1.165) is 11.9 Å². The van der Waals surface area contributed by atoms with E-state index >= 15 is 0 Å². The molecule has 0 saturated heterocycles. The van der Waals surface area contributed by atoms with Crippen LogP contribution in [0.25, 0.3) is 10.9 Å². The van der Waals surface area contributed by atoms with Crippen LogP contribution in [0.15, 0.2) is 18.3 Å². The molecule has 0 aliphatic heterocycles. The van der Waals surface area contributed by atoms with Gasteiger partial charge in [0, 0.05) is 5.39 Å². The Morgan fingerprint density at radius 2 is 2.23 bits per heavy atom. The summed E-state index contributed by atoms with van der Waals surface area (Å²) in [6, 6.07) is 4.25. The molecule has 2 rings (SSSR count). The van der Waals surface area contributed by atoms with E-state index in [0.29, 0.717) is 0 Å². The molecule has 0 saturated carbocycles.